The Kier molecular flexibility index (Phi) is 10.7. The molecule has 16 heteroatoms. The number of aryl methyl sites for hydroxylation is 2. The van der Waals surface area contributed by atoms with Crippen molar-refractivity contribution in [1.82, 2.24) is 30.3 Å². The topological polar surface area (TPSA) is 206 Å². The molecule has 3 aliphatic rings. The molecule has 2 aromatic heterocycles. The van der Waals surface area contributed by atoms with Crippen molar-refractivity contribution < 1.29 is 33.5 Å². The Hall–Kier alpha value is -6.34. The van der Waals surface area contributed by atoms with Gasteiger partial charge in [0.15, 0.2) is 11.6 Å². The van der Waals surface area contributed by atoms with Gasteiger partial charge in [0.1, 0.15) is 35.3 Å². The van der Waals surface area contributed by atoms with Crippen LogP contribution in [0.25, 0.3) is 5.00 Å². The minimum Gasteiger partial charge on any atom is -0.485 e. The van der Waals surface area contributed by atoms with Crippen LogP contribution in [0.3, 0.4) is 0 Å². The van der Waals surface area contributed by atoms with Crippen molar-refractivity contribution in [3.05, 3.63) is 92.4 Å². The van der Waals surface area contributed by atoms with Gasteiger partial charge in [0.2, 0.25) is 17.7 Å². The Morgan fingerprint density at radius 1 is 1.00 bits per heavy atom. The fourth-order valence-corrected chi connectivity index (χ4v) is 8.38. The molecule has 2 atom stereocenters. The maximum absolute atomic E-state index is 13.3. The van der Waals surface area contributed by atoms with Crippen molar-refractivity contribution in [3.63, 3.8) is 0 Å². The first-order valence-electron chi connectivity index (χ1n) is 18.3. The van der Waals surface area contributed by atoms with Crippen LogP contribution >= 0.6 is 11.3 Å². The average molecular weight is 775 g/mol. The van der Waals surface area contributed by atoms with E-state index in [1.807, 2.05) is 23.6 Å². The van der Waals surface area contributed by atoms with Crippen molar-refractivity contribution in [2.45, 2.75) is 77.8 Å². The summed E-state index contributed by atoms with van der Waals surface area (Å²) in [5, 5.41) is 24.2. The molecule has 1 saturated heterocycles. The van der Waals surface area contributed by atoms with Crippen LogP contribution in [0.5, 0.6) is 5.75 Å². The molecule has 1 unspecified atom stereocenters. The highest BCUT2D eigenvalue weighted by molar-refractivity contribution is 7.15. The number of thiophene rings is 1. The number of Topliss-reactive ketones (excluding diaryl/α,β-unsaturated/α-hetero) is 1. The standard InChI is InChI=1S/C40H38N8O7S/c1-21-22(2)56-40-33(21)35(25-13-11-24(19-41)12-14-25)43-28(36-46-45-23(3)47(36)40)18-32(51)42-17-6-4-5-8-26(49)20-55-30-10-7-9-27-34(30)39(54)48(38(27)53)29-15-16-31(50)44-37(29)52/h7,9-14,28-29H,4-6,8,15-18,20H2,1-3H3,(H,42,51)(H,44,50,52)/t28-,29?/m0/s1. The fraction of sp³-hybridized carbons (Fsp3) is 0.350. The van der Waals surface area contributed by atoms with E-state index in [-0.39, 0.29) is 60.9 Å². The monoisotopic (exact) mass is 774 g/mol. The predicted octanol–water partition coefficient (Wildman–Crippen LogP) is 4.13. The summed E-state index contributed by atoms with van der Waals surface area (Å²) in [4.78, 5) is 83.5. The molecule has 3 aliphatic heterocycles. The number of hydrogen-bond acceptors (Lipinski definition) is 12. The number of carbonyl (C=O) groups excluding carboxylic acids is 6. The molecule has 7 rings (SSSR count). The number of aliphatic imine (C=N–C) groups is 1. The highest BCUT2D eigenvalue weighted by Crippen LogP contribution is 2.40. The second-order valence-electron chi connectivity index (χ2n) is 13.9. The molecule has 2 N–H and O–H groups in total. The number of imide groups is 2. The van der Waals surface area contributed by atoms with Crippen molar-refractivity contribution >= 4 is 52.4 Å². The fourth-order valence-electron chi connectivity index (χ4n) is 7.16. The molecule has 0 bridgehead atoms. The molecule has 1 fully saturated rings. The molecule has 5 heterocycles. The van der Waals surface area contributed by atoms with E-state index >= 15 is 0 Å². The van der Waals surface area contributed by atoms with E-state index in [2.05, 4.69) is 40.7 Å². The summed E-state index contributed by atoms with van der Waals surface area (Å²) >= 11 is 1.62. The Balaban J connectivity index is 0.912. The molecule has 4 aromatic rings. The summed E-state index contributed by atoms with van der Waals surface area (Å²) in [6.45, 7) is 6.08. The van der Waals surface area contributed by atoms with E-state index in [0.29, 0.717) is 43.0 Å². The number of rotatable bonds is 13. The highest BCUT2D eigenvalue weighted by atomic mass is 32.1. The quantitative estimate of drug-likeness (QED) is 0.147. The number of hydrogen-bond donors (Lipinski definition) is 2. The molecule has 0 spiro atoms. The van der Waals surface area contributed by atoms with Gasteiger partial charge < -0.3 is 10.1 Å². The van der Waals surface area contributed by atoms with Crippen LogP contribution in [-0.4, -0.2) is 79.9 Å². The molecule has 5 amide bonds. The Morgan fingerprint density at radius 2 is 1.79 bits per heavy atom. The number of nitrogens with one attached hydrogen (secondary N) is 2. The molecule has 286 valence electrons. The lowest BCUT2D eigenvalue weighted by Gasteiger charge is -2.27. The highest BCUT2D eigenvalue weighted by Gasteiger charge is 2.46. The molecular weight excluding hydrogens is 737 g/mol. The Labute approximate surface area is 325 Å². The van der Waals surface area contributed by atoms with Crippen molar-refractivity contribution in [3.8, 4) is 16.8 Å². The SMILES string of the molecule is Cc1sc2c(c1C)C(c1ccc(C#N)cc1)=N[C@@H](CC(=O)NCCCCCC(=O)COc1cccc3c1C(=O)N(C1CCC(=O)NC1=O)C3=O)c1nnc(C)n1-2. The van der Waals surface area contributed by atoms with E-state index in [4.69, 9.17) is 9.73 Å². The van der Waals surface area contributed by atoms with Crippen LogP contribution in [0, 0.1) is 32.1 Å². The van der Waals surface area contributed by atoms with Gasteiger partial charge in [-0.25, -0.2) is 0 Å². The maximum Gasteiger partial charge on any atom is 0.266 e. The first kappa shape index (κ1) is 38.0. The lowest BCUT2D eigenvalue weighted by Crippen LogP contribution is -2.54. The van der Waals surface area contributed by atoms with Crippen LogP contribution < -0.4 is 15.4 Å². The molecule has 0 radical (unpaired) electrons. The van der Waals surface area contributed by atoms with Gasteiger partial charge in [-0.1, -0.05) is 24.6 Å². The minimum atomic E-state index is -1.10. The normalized spacial score (nSPS) is 17.3. The summed E-state index contributed by atoms with van der Waals surface area (Å²) in [7, 11) is 0. The molecule has 0 saturated carbocycles. The lowest BCUT2D eigenvalue weighted by atomic mass is 9.99. The van der Waals surface area contributed by atoms with E-state index in [1.54, 1.807) is 23.5 Å². The average Bonchev–Trinajstić information content (AvgIpc) is 3.76. The third-order valence-corrected chi connectivity index (χ3v) is 11.4. The van der Waals surface area contributed by atoms with E-state index < -0.39 is 35.7 Å². The molecule has 2 aromatic carbocycles. The molecule has 15 nitrogen and oxygen atoms in total. The van der Waals surface area contributed by atoms with Gasteiger partial charge in [-0.15, -0.1) is 21.5 Å². The minimum absolute atomic E-state index is 0.00727. The third-order valence-electron chi connectivity index (χ3n) is 10.2. The van der Waals surface area contributed by atoms with E-state index in [1.165, 1.54) is 18.2 Å². The lowest BCUT2D eigenvalue weighted by molar-refractivity contribution is -0.136. The van der Waals surface area contributed by atoms with Gasteiger partial charge in [0.05, 0.1) is 34.9 Å². The largest absolute Gasteiger partial charge is 0.485 e. The van der Waals surface area contributed by atoms with Crippen LogP contribution in [0.4, 0.5) is 0 Å². The van der Waals surface area contributed by atoms with Crippen LogP contribution in [0.15, 0.2) is 47.5 Å². The Morgan fingerprint density at radius 3 is 2.54 bits per heavy atom. The van der Waals surface area contributed by atoms with Gasteiger partial charge in [-0.3, -0.25) is 48.5 Å². The Bertz CT molecular complexity index is 2370. The number of benzene rings is 2. The van der Waals surface area contributed by atoms with Crippen molar-refractivity contribution in [1.29, 1.82) is 5.26 Å². The van der Waals surface area contributed by atoms with Crippen LogP contribution in [0.1, 0.15) is 110 Å². The third kappa shape index (κ3) is 7.25. The summed E-state index contributed by atoms with van der Waals surface area (Å²) in [6, 6.07) is 12.2. The number of amides is 5. The number of nitriles is 1. The second kappa shape index (κ2) is 15.8. The number of fused-ring (bicyclic) bond motifs is 4. The van der Waals surface area contributed by atoms with Gasteiger partial charge in [0.25, 0.3) is 11.8 Å². The smallest absolute Gasteiger partial charge is 0.266 e. The summed E-state index contributed by atoms with van der Waals surface area (Å²) in [5.74, 6) is -1.59. The number of piperidine rings is 1. The number of unbranched alkanes of at least 4 members (excludes halogenated alkanes) is 2. The van der Waals surface area contributed by atoms with Gasteiger partial charge >= 0.3 is 0 Å². The number of carbonyl (C=O) groups is 6. The zero-order valence-corrected chi connectivity index (χ0v) is 31.8. The first-order chi connectivity index (χ1) is 27.0. The van der Waals surface area contributed by atoms with E-state index in [0.717, 1.165) is 37.2 Å². The van der Waals surface area contributed by atoms with Crippen LogP contribution in [0.2, 0.25) is 0 Å². The summed E-state index contributed by atoms with van der Waals surface area (Å²) in [6.07, 6.45) is 2.15. The maximum atomic E-state index is 13.3. The first-order valence-corrected chi connectivity index (χ1v) is 19.1. The van der Waals surface area contributed by atoms with Crippen molar-refractivity contribution in [2.75, 3.05) is 13.2 Å². The van der Waals surface area contributed by atoms with Gasteiger partial charge in [-0.05, 0) is 69.9 Å². The van der Waals surface area contributed by atoms with Gasteiger partial charge in [-0.2, -0.15) is 5.26 Å². The van der Waals surface area contributed by atoms with E-state index in [9.17, 15) is 34.0 Å². The molecule has 56 heavy (non-hydrogen) atoms. The molecule has 0 aliphatic carbocycles. The van der Waals surface area contributed by atoms with Crippen molar-refractivity contribution in [2.24, 2.45) is 4.99 Å². The zero-order chi connectivity index (χ0) is 39.7. The summed E-state index contributed by atoms with van der Waals surface area (Å²) in [5.41, 5.74) is 4.20. The predicted molar refractivity (Wildman–Crippen MR) is 203 cm³/mol. The number of ketones is 1. The number of nitrogens with zero attached hydrogens (tertiary/aromatic N) is 6. The zero-order valence-electron chi connectivity index (χ0n) is 31.0. The second-order valence-corrected chi connectivity index (χ2v) is 15.1. The number of aromatic nitrogens is 3. The molecular formula is C40H38N8O7S. The summed E-state index contributed by atoms with van der Waals surface area (Å²) < 4.78 is 7.69. The number of ether oxygens (including phenoxy) is 1. The van der Waals surface area contributed by atoms with Crippen LogP contribution in [-0.2, 0) is 19.2 Å². The van der Waals surface area contributed by atoms with Gasteiger partial charge in [0, 0.05) is 35.4 Å².